The number of benzene rings is 1. The van der Waals surface area contributed by atoms with E-state index in [-0.39, 0.29) is 17.4 Å². The van der Waals surface area contributed by atoms with Crippen molar-refractivity contribution in [3.8, 4) is 0 Å². The summed E-state index contributed by atoms with van der Waals surface area (Å²) in [5, 5.41) is 9.67. The van der Waals surface area contributed by atoms with Gasteiger partial charge in [-0.25, -0.2) is 4.39 Å². The van der Waals surface area contributed by atoms with Crippen LogP contribution in [0.15, 0.2) is 45.8 Å². The lowest BCUT2D eigenvalue weighted by molar-refractivity contribution is 0.198. The molecular formula is C15H15BrFNO2. The highest BCUT2D eigenvalue weighted by atomic mass is 79.9. The monoisotopic (exact) mass is 339 g/mol. The fraction of sp³-hybridized carbons (Fsp3) is 0.267. The fourth-order valence-electron chi connectivity index (χ4n) is 2.01. The lowest BCUT2D eigenvalue weighted by Gasteiger charge is -2.18. The quantitative estimate of drug-likeness (QED) is 0.930. The molecular weight excluding hydrogens is 325 g/mol. The molecule has 1 aromatic carbocycles. The molecule has 106 valence electrons. The number of rotatable bonds is 3. The molecule has 2 aromatic rings. The highest BCUT2D eigenvalue weighted by Crippen LogP contribution is 2.21. The van der Waals surface area contributed by atoms with Crippen LogP contribution >= 0.6 is 15.9 Å². The lowest BCUT2D eigenvalue weighted by Crippen LogP contribution is -2.25. The highest BCUT2D eigenvalue weighted by molar-refractivity contribution is 9.10. The first kappa shape index (κ1) is 14.9. The van der Waals surface area contributed by atoms with Gasteiger partial charge < -0.3 is 9.67 Å². The Morgan fingerprint density at radius 2 is 1.80 bits per heavy atom. The normalized spacial score (nSPS) is 14.1. The maximum Gasteiger partial charge on any atom is 0.265 e. The number of pyridine rings is 1. The minimum absolute atomic E-state index is 0.189. The minimum atomic E-state index is -0.668. The zero-order valence-electron chi connectivity index (χ0n) is 11.2. The molecule has 5 heteroatoms. The molecule has 1 heterocycles. The van der Waals surface area contributed by atoms with Crippen LogP contribution in [0.3, 0.4) is 0 Å². The van der Waals surface area contributed by atoms with Crippen molar-refractivity contribution in [3.63, 3.8) is 0 Å². The standard InChI is InChI=1S/C15H15BrFNO2/c1-9(11-3-5-13(17)6-4-11)18-8-12(10(2)19)7-14(16)15(18)20/h3-10,19H,1-2H3. The predicted molar refractivity (Wildman–Crippen MR) is 79.2 cm³/mol. The Morgan fingerprint density at radius 3 is 2.35 bits per heavy atom. The first-order chi connectivity index (χ1) is 9.40. The molecule has 0 radical (unpaired) electrons. The van der Waals surface area contributed by atoms with Crippen molar-refractivity contribution in [2.45, 2.75) is 26.0 Å². The maximum atomic E-state index is 13.0. The smallest absolute Gasteiger partial charge is 0.265 e. The summed E-state index contributed by atoms with van der Waals surface area (Å²) < 4.78 is 14.9. The molecule has 0 aliphatic carbocycles. The predicted octanol–water partition coefficient (Wildman–Crippen LogP) is 3.41. The molecule has 1 N–H and O–H groups in total. The first-order valence-corrected chi connectivity index (χ1v) is 7.04. The van der Waals surface area contributed by atoms with E-state index < -0.39 is 6.10 Å². The molecule has 20 heavy (non-hydrogen) atoms. The largest absolute Gasteiger partial charge is 0.389 e. The van der Waals surface area contributed by atoms with E-state index in [0.717, 1.165) is 5.56 Å². The fourth-order valence-corrected chi connectivity index (χ4v) is 2.48. The van der Waals surface area contributed by atoms with Gasteiger partial charge in [0.05, 0.1) is 16.6 Å². The SMILES string of the molecule is CC(O)c1cc(Br)c(=O)n(C(C)c2ccc(F)cc2)c1. The molecule has 0 aliphatic rings. The van der Waals surface area contributed by atoms with Gasteiger partial charge in [0.25, 0.3) is 5.56 Å². The van der Waals surface area contributed by atoms with Crippen LogP contribution in [0.1, 0.15) is 37.1 Å². The van der Waals surface area contributed by atoms with Crippen molar-refractivity contribution in [3.05, 3.63) is 68.3 Å². The average molecular weight is 340 g/mol. The van der Waals surface area contributed by atoms with Gasteiger partial charge in [0, 0.05) is 6.20 Å². The third-order valence-corrected chi connectivity index (χ3v) is 3.84. The van der Waals surface area contributed by atoms with Crippen molar-refractivity contribution in [1.82, 2.24) is 4.57 Å². The summed E-state index contributed by atoms with van der Waals surface area (Å²) in [7, 11) is 0. The highest BCUT2D eigenvalue weighted by Gasteiger charge is 2.14. The van der Waals surface area contributed by atoms with E-state index in [1.54, 1.807) is 31.3 Å². The molecule has 0 aliphatic heterocycles. The number of aliphatic hydroxyl groups is 1. The van der Waals surface area contributed by atoms with E-state index in [1.165, 1.54) is 16.7 Å². The van der Waals surface area contributed by atoms with E-state index in [2.05, 4.69) is 15.9 Å². The summed E-state index contributed by atoms with van der Waals surface area (Å²) >= 11 is 3.21. The summed E-state index contributed by atoms with van der Waals surface area (Å²) in [6.07, 6.45) is 0.963. The third-order valence-electron chi connectivity index (χ3n) is 3.27. The van der Waals surface area contributed by atoms with Gasteiger partial charge in [-0.2, -0.15) is 0 Å². The van der Waals surface area contributed by atoms with Crippen LogP contribution in [0, 0.1) is 5.82 Å². The summed E-state index contributed by atoms with van der Waals surface area (Å²) in [4.78, 5) is 12.2. The van der Waals surface area contributed by atoms with Crippen LogP contribution in [0.2, 0.25) is 0 Å². The topological polar surface area (TPSA) is 42.2 Å². The lowest BCUT2D eigenvalue weighted by atomic mass is 10.1. The number of nitrogens with zero attached hydrogens (tertiary/aromatic N) is 1. The number of halogens is 2. The number of aliphatic hydroxyl groups excluding tert-OH is 1. The van der Waals surface area contributed by atoms with Crippen LogP contribution in [-0.4, -0.2) is 9.67 Å². The van der Waals surface area contributed by atoms with Crippen LogP contribution < -0.4 is 5.56 Å². The molecule has 0 spiro atoms. The molecule has 0 fully saturated rings. The molecule has 2 atom stereocenters. The van der Waals surface area contributed by atoms with Gasteiger partial charge in [0.15, 0.2) is 0 Å². The van der Waals surface area contributed by atoms with Gasteiger partial charge in [-0.3, -0.25) is 4.79 Å². The summed E-state index contributed by atoms with van der Waals surface area (Å²) in [5.41, 5.74) is 1.28. The molecule has 1 aromatic heterocycles. The maximum absolute atomic E-state index is 13.0. The molecule has 2 unspecified atom stereocenters. The van der Waals surface area contributed by atoms with E-state index in [0.29, 0.717) is 10.0 Å². The van der Waals surface area contributed by atoms with Gasteiger partial charge in [0.1, 0.15) is 5.82 Å². The van der Waals surface area contributed by atoms with Gasteiger partial charge in [-0.05, 0) is 59.1 Å². The zero-order chi connectivity index (χ0) is 14.9. The second kappa shape index (κ2) is 5.89. The van der Waals surface area contributed by atoms with Gasteiger partial charge in [0.2, 0.25) is 0 Å². The van der Waals surface area contributed by atoms with Crippen molar-refractivity contribution >= 4 is 15.9 Å². The first-order valence-electron chi connectivity index (χ1n) is 6.25. The van der Waals surface area contributed by atoms with Crippen LogP contribution in [-0.2, 0) is 0 Å². The average Bonchev–Trinajstić information content (AvgIpc) is 2.41. The second-order valence-corrected chi connectivity index (χ2v) is 5.59. The Hall–Kier alpha value is -1.46. The molecule has 3 nitrogen and oxygen atoms in total. The molecule has 0 saturated heterocycles. The van der Waals surface area contributed by atoms with Crippen LogP contribution in [0.25, 0.3) is 0 Å². The van der Waals surface area contributed by atoms with E-state index in [1.807, 2.05) is 6.92 Å². The zero-order valence-corrected chi connectivity index (χ0v) is 12.8. The van der Waals surface area contributed by atoms with Gasteiger partial charge >= 0.3 is 0 Å². The minimum Gasteiger partial charge on any atom is -0.389 e. The van der Waals surface area contributed by atoms with Gasteiger partial charge in [-0.15, -0.1) is 0 Å². The molecule has 0 bridgehead atoms. The Morgan fingerprint density at radius 1 is 1.20 bits per heavy atom. The number of aromatic nitrogens is 1. The number of hydrogen-bond donors (Lipinski definition) is 1. The van der Waals surface area contributed by atoms with Crippen molar-refractivity contribution < 1.29 is 9.50 Å². The molecule has 0 amide bonds. The van der Waals surface area contributed by atoms with E-state index in [9.17, 15) is 14.3 Å². The summed E-state index contributed by atoms with van der Waals surface area (Å²) in [6, 6.07) is 7.39. The Kier molecular flexibility index (Phi) is 4.40. The van der Waals surface area contributed by atoms with Gasteiger partial charge in [-0.1, -0.05) is 12.1 Å². The molecule has 0 saturated carbocycles. The number of hydrogen-bond acceptors (Lipinski definition) is 2. The molecule has 2 rings (SSSR count). The van der Waals surface area contributed by atoms with Crippen LogP contribution in [0.5, 0.6) is 0 Å². The van der Waals surface area contributed by atoms with E-state index in [4.69, 9.17) is 0 Å². The van der Waals surface area contributed by atoms with Crippen molar-refractivity contribution in [2.24, 2.45) is 0 Å². The summed E-state index contributed by atoms with van der Waals surface area (Å²) in [6.45, 7) is 3.49. The third kappa shape index (κ3) is 2.99. The van der Waals surface area contributed by atoms with Crippen molar-refractivity contribution in [2.75, 3.05) is 0 Å². The Bertz CT molecular complexity index is 665. The Labute approximate surface area is 124 Å². The second-order valence-electron chi connectivity index (χ2n) is 4.74. The van der Waals surface area contributed by atoms with Crippen molar-refractivity contribution in [1.29, 1.82) is 0 Å². The Balaban J connectivity index is 2.51. The van der Waals surface area contributed by atoms with E-state index >= 15 is 0 Å². The summed E-state index contributed by atoms with van der Waals surface area (Å²) in [5.74, 6) is -0.313. The van der Waals surface area contributed by atoms with Crippen LogP contribution in [0.4, 0.5) is 4.39 Å².